The SMILES string of the molecule is CC(C)(C)OC(=O)NC(CCN)C(O)c1ccccc1O. The maximum Gasteiger partial charge on any atom is 0.407 e. The van der Waals surface area contributed by atoms with Crippen molar-refractivity contribution in [3.05, 3.63) is 29.8 Å². The van der Waals surface area contributed by atoms with Crippen molar-refractivity contribution >= 4 is 6.09 Å². The quantitative estimate of drug-likeness (QED) is 0.661. The van der Waals surface area contributed by atoms with E-state index in [4.69, 9.17) is 10.5 Å². The number of aliphatic hydroxyl groups excluding tert-OH is 1. The van der Waals surface area contributed by atoms with Crippen LogP contribution in [-0.2, 0) is 4.74 Å². The van der Waals surface area contributed by atoms with E-state index in [-0.39, 0.29) is 12.3 Å². The van der Waals surface area contributed by atoms with E-state index in [1.54, 1.807) is 39.0 Å². The lowest BCUT2D eigenvalue weighted by molar-refractivity contribution is 0.0413. The van der Waals surface area contributed by atoms with Crippen LogP contribution in [0, 0.1) is 0 Å². The number of aliphatic hydroxyl groups is 1. The van der Waals surface area contributed by atoms with Crippen molar-refractivity contribution in [3.8, 4) is 5.75 Å². The number of carbonyl (C=O) groups excluding carboxylic acids is 1. The first kappa shape index (κ1) is 17.3. The fourth-order valence-electron chi connectivity index (χ4n) is 1.90. The van der Waals surface area contributed by atoms with Crippen molar-refractivity contribution in [2.45, 2.75) is 44.9 Å². The van der Waals surface area contributed by atoms with Crippen LogP contribution in [0.5, 0.6) is 5.75 Å². The highest BCUT2D eigenvalue weighted by molar-refractivity contribution is 5.68. The van der Waals surface area contributed by atoms with E-state index in [2.05, 4.69) is 5.32 Å². The molecule has 1 aromatic rings. The second-order valence-electron chi connectivity index (χ2n) is 5.83. The van der Waals surface area contributed by atoms with Gasteiger partial charge in [-0.2, -0.15) is 0 Å². The number of amides is 1. The normalized spacial score (nSPS) is 14.3. The maximum atomic E-state index is 11.8. The number of alkyl carbamates (subject to hydrolysis) is 1. The van der Waals surface area contributed by atoms with Gasteiger partial charge >= 0.3 is 6.09 Å². The van der Waals surface area contributed by atoms with Crippen LogP contribution in [0.2, 0.25) is 0 Å². The number of para-hydroxylation sites is 1. The molecule has 0 saturated carbocycles. The first-order valence-electron chi connectivity index (χ1n) is 6.90. The van der Waals surface area contributed by atoms with Crippen LogP contribution in [0.25, 0.3) is 0 Å². The molecule has 1 amide bonds. The lowest BCUT2D eigenvalue weighted by atomic mass is 9.99. The second kappa shape index (κ2) is 7.28. The molecule has 0 saturated heterocycles. The van der Waals surface area contributed by atoms with Gasteiger partial charge in [0.1, 0.15) is 17.5 Å². The summed E-state index contributed by atoms with van der Waals surface area (Å²) in [5, 5.41) is 22.7. The number of benzene rings is 1. The molecule has 0 spiro atoms. The molecular formula is C15H24N2O4. The van der Waals surface area contributed by atoms with Gasteiger partial charge < -0.3 is 26.0 Å². The van der Waals surface area contributed by atoms with E-state index in [0.717, 1.165) is 0 Å². The van der Waals surface area contributed by atoms with E-state index >= 15 is 0 Å². The van der Waals surface area contributed by atoms with E-state index in [1.807, 2.05) is 0 Å². The molecule has 2 atom stereocenters. The van der Waals surface area contributed by atoms with Gasteiger partial charge in [0.2, 0.25) is 0 Å². The molecule has 0 aromatic heterocycles. The Bertz CT molecular complexity index is 471. The Morgan fingerprint density at radius 3 is 2.52 bits per heavy atom. The molecule has 0 heterocycles. The Morgan fingerprint density at radius 1 is 1.38 bits per heavy atom. The Kier molecular flexibility index (Phi) is 5.99. The molecule has 6 heteroatoms. The van der Waals surface area contributed by atoms with Crippen molar-refractivity contribution in [2.75, 3.05) is 6.54 Å². The van der Waals surface area contributed by atoms with E-state index in [1.165, 1.54) is 6.07 Å². The summed E-state index contributed by atoms with van der Waals surface area (Å²) in [5.74, 6) is -0.0296. The highest BCUT2D eigenvalue weighted by Crippen LogP contribution is 2.27. The third-order valence-corrected chi connectivity index (χ3v) is 2.82. The number of hydrogen-bond donors (Lipinski definition) is 4. The van der Waals surface area contributed by atoms with E-state index in [0.29, 0.717) is 12.0 Å². The lowest BCUT2D eigenvalue weighted by Gasteiger charge is -2.27. The first-order valence-corrected chi connectivity index (χ1v) is 6.90. The predicted molar refractivity (Wildman–Crippen MR) is 79.9 cm³/mol. The smallest absolute Gasteiger partial charge is 0.407 e. The minimum Gasteiger partial charge on any atom is -0.508 e. The van der Waals surface area contributed by atoms with Gasteiger partial charge in [-0.3, -0.25) is 0 Å². The zero-order valence-corrected chi connectivity index (χ0v) is 12.7. The average Bonchev–Trinajstić information content (AvgIpc) is 2.36. The maximum absolute atomic E-state index is 11.8. The van der Waals surface area contributed by atoms with E-state index < -0.39 is 23.8 Å². The van der Waals surface area contributed by atoms with E-state index in [9.17, 15) is 15.0 Å². The average molecular weight is 296 g/mol. The summed E-state index contributed by atoms with van der Waals surface area (Å²) in [6.07, 6.45) is -1.34. The number of rotatable bonds is 5. The fraction of sp³-hybridized carbons (Fsp3) is 0.533. The topological polar surface area (TPSA) is 105 Å². The molecule has 0 aliphatic carbocycles. The van der Waals surface area contributed by atoms with Gasteiger partial charge in [0.25, 0.3) is 0 Å². The summed E-state index contributed by atoms with van der Waals surface area (Å²) >= 11 is 0. The number of nitrogens with one attached hydrogen (secondary N) is 1. The summed E-state index contributed by atoms with van der Waals surface area (Å²) < 4.78 is 5.17. The molecule has 0 aliphatic heterocycles. The van der Waals surface area contributed by atoms with Crippen molar-refractivity contribution in [1.82, 2.24) is 5.32 Å². The monoisotopic (exact) mass is 296 g/mol. The standard InChI is InChI=1S/C15H24N2O4/c1-15(2,3)21-14(20)17-11(8-9-16)13(19)10-6-4-5-7-12(10)18/h4-7,11,13,18-19H,8-9,16H2,1-3H3,(H,17,20). The van der Waals surface area contributed by atoms with Crippen molar-refractivity contribution in [3.63, 3.8) is 0 Å². The molecule has 0 aliphatic rings. The first-order chi connectivity index (χ1) is 9.74. The number of carbonyl (C=O) groups is 1. The molecule has 0 bridgehead atoms. The lowest BCUT2D eigenvalue weighted by Crippen LogP contribution is -2.43. The number of phenols is 1. The predicted octanol–water partition coefficient (Wildman–Crippen LogP) is 1.67. The van der Waals surface area contributed by atoms with Gasteiger partial charge in [0.15, 0.2) is 0 Å². The zero-order chi connectivity index (χ0) is 16.0. The van der Waals surface area contributed by atoms with Gasteiger partial charge in [-0.05, 0) is 39.8 Å². The molecule has 1 rings (SSSR count). The molecule has 21 heavy (non-hydrogen) atoms. The Hall–Kier alpha value is -1.79. The molecular weight excluding hydrogens is 272 g/mol. The molecule has 6 nitrogen and oxygen atoms in total. The molecule has 2 unspecified atom stereocenters. The summed E-state index contributed by atoms with van der Waals surface area (Å²) in [5.41, 5.74) is 5.23. The summed E-state index contributed by atoms with van der Waals surface area (Å²) in [4.78, 5) is 11.8. The summed E-state index contributed by atoms with van der Waals surface area (Å²) in [6.45, 7) is 5.54. The summed E-state index contributed by atoms with van der Waals surface area (Å²) in [6, 6.07) is 5.79. The van der Waals surface area contributed by atoms with Gasteiger partial charge in [-0.15, -0.1) is 0 Å². The molecule has 0 radical (unpaired) electrons. The Labute approximate surface area is 124 Å². The van der Waals surface area contributed by atoms with Crippen LogP contribution in [0.15, 0.2) is 24.3 Å². The van der Waals surface area contributed by atoms with Crippen LogP contribution >= 0.6 is 0 Å². The largest absolute Gasteiger partial charge is 0.508 e. The molecule has 0 fully saturated rings. The van der Waals surface area contributed by atoms with Gasteiger partial charge in [-0.25, -0.2) is 4.79 Å². The highest BCUT2D eigenvalue weighted by atomic mass is 16.6. The number of aromatic hydroxyl groups is 1. The highest BCUT2D eigenvalue weighted by Gasteiger charge is 2.26. The Morgan fingerprint density at radius 2 is 2.00 bits per heavy atom. The summed E-state index contributed by atoms with van der Waals surface area (Å²) in [7, 11) is 0. The number of ether oxygens (including phenoxy) is 1. The number of phenolic OH excluding ortho intramolecular Hbond substituents is 1. The minimum atomic E-state index is -1.07. The molecule has 1 aromatic carbocycles. The van der Waals surface area contributed by atoms with Crippen molar-refractivity contribution in [2.24, 2.45) is 5.73 Å². The van der Waals surface area contributed by atoms with Crippen LogP contribution in [0.1, 0.15) is 38.9 Å². The van der Waals surface area contributed by atoms with Crippen LogP contribution in [0.3, 0.4) is 0 Å². The third-order valence-electron chi connectivity index (χ3n) is 2.82. The zero-order valence-electron chi connectivity index (χ0n) is 12.7. The fourth-order valence-corrected chi connectivity index (χ4v) is 1.90. The van der Waals surface area contributed by atoms with Gasteiger partial charge in [-0.1, -0.05) is 18.2 Å². The number of nitrogens with two attached hydrogens (primary N) is 1. The van der Waals surface area contributed by atoms with Crippen LogP contribution in [0.4, 0.5) is 4.79 Å². The van der Waals surface area contributed by atoms with Gasteiger partial charge in [0, 0.05) is 5.56 Å². The van der Waals surface area contributed by atoms with Gasteiger partial charge in [0.05, 0.1) is 6.04 Å². The second-order valence-corrected chi connectivity index (χ2v) is 5.83. The van der Waals surface area contributed by atoms with Crippen molar-refractivity contribution < 1.29 is 19.7 Å². The van der Waals surface area contributed by atoms with Crippen LogP contribution < -0.4 is 11.1 Å². The Balaban J connectivity index is 2.81. The van der Waals surface area contributed by atoms with Crippen molar-refractivity contribution in [1.29, 1.82) is 0 Å². The van der Waals surface area contributed by atoms with Crippen LogP contribution in [-0.4, -0.2) is 34.5 Å². The molecule has 118 valence electrons. The molecule has 5 N–H and O–H groups in total. The minimum absolute atomic E-state index is 0.0296. The number of hydrogen-bond acceptors (Lipinski definition) is 5. The third kappa shape index (κ3) is 5.61.